The molecule has 82 valence electrons. The zero-order valence-corrected chi connectivity index (χ0v) is 8.53. The maximum Gasteiger partial charge on any atom is 0.252 e. The molecular formula is C10H14FN3O. The summed E-state index contributed by atoms with van der Waals surface area (Å²) in [5, 5.41) is 2.51. The second-order valence-electron chi connectivity index (χ2n) is 3.12. The molecule has 0 radical (unpaired) electrons. The summed E-state index contributed by atoms with van der Waals surface area (Å²) in [4.78, 5) is 11.2. The molecule has 4 nitrogen and oxygen atoms in total. The molecule has 5 heteroatoms. The molecule has 0 fully saturated rings. The zero-order chi connectivity index (χ0) is 11.3. The Morgan fingerprint density at radius 1 is 1.73 bits per heavy atom. The highest BCUT2D eigenvalue weighted by Crippen LogP contribution is 2.04. The highest BCUT2D eigenvalue weighted by molar-refractivity contribution is 5.93. The van der Waals surface area contributed by atoms with Crippen molar-refractivity contribution in [2.24, 2.45) is 5.73 Å². The Morgan fingerprint density at radius 2 is 2.47 bits per heavy atom. The normalized spacial score (nSPS) is 11.5. The predicted molar refractivity (Wildman–Crippen MR) is 56.1 cm³/mol. The topological polar surface area (TPSA) is 60.0 Å². The third kappa shape index (κ3) is 2.92. The zero-order valence-electron chi connectivity index (χ0n) is 8.53. The molecule has 0 atom stereocenters. The van der Waals surface area contributed by atoms with Crippen molar-refractivity contribution in [2.45, 2.75) is 6.54 Å². The molecule has 0 saturated heterocycles. The molecule has 3 N–H and O–H groups in total. The highest BCUT2D eigenvalue weighted by atomic mass is 19.1. The van der Waals surface area contributed by atoms with Crippen molar-refractivity contribution < 1.29 is 9.18 Å². The first-order chi connectivity index (χ1) is 7.21. The van der Waals surface area contributed by atoms with Gasteiger partial charge >= 0.3 is 0 Å². The van der Waals surface area contributed by atoms with Gasteiger partial charge in [0.15, 0.2) is 0 Å². The van der Waals surface area contributed by atoms with Gasteiger partial charge in [-0.1, -0.05) is 0 Å². The number of nitrogens with zero attached hydrogens (tertiary/aromatic N) is 1. The first-order valence-electron chi connectivity index (χ1n) is 4.57. The second kappa shape index (κ2) is 5.31. The summed E-state index contributed by atoms with van der Waals surface area (Å²) in [5.74, 6) is -0.160. The lowest BCUT2D eigenvalue weighted by atomic mass is 10.3. The minimum Gasteiger partial charge on any atom is -0.355 e. The van der Waals surface area contributed by atoms with Crippen LogP contribution in [0.25, 0.3) is 0 Å². The fourth-order valence-electron chi connectivity index (χ4n) is 1.20. The van der Waals surface area contributed by atoms with Gasteiger partial charge in [-0.15, -0.1) is 0 Å². The van der Waals surface area contributed by atoms with Gasteiger partial charge in [0, 0.05) is 32.5 Å². The molecular weight excluding hydrogens is 197 g/mol. The van der Waals surface area contributed by atoms with E-state index in [1.807, 2.05) is 0 Å². The number of amides is 1. The number of nitrogens with one attached hydrogen (secondary N) is 1. The van der Waals surface area contributed by atoms with Crippen LogP contribution in [0.5, 0.6) is 0 Å². The molecule has 0 saturated carbocycles. The number of hydrogen-bond donors (Lipinski definition) is 2. The molecule has 0 bridgehead atoms. The molecule has 1 aromatic heterocycles. The Balaban J connectivity index is 2.72. The summed E-state index contributed by atoms with van der Waals surface area (Å²) in [5.41, 5.74) is 6.35. The number of hydrogen-bond acceptors (Lipinski definition) is 2. The third-order valence-electron chi connectivity index (χ3n) is 2.04. The van der Waals surface area contributed by atoms with E-state index >= 15 is 0 Å². The molecule has 1 rings (SSSR count). The minimum absolute atomic E-state index is 0.160. The molecule has 1 aromatic rings. The van der Waals surface area contributed by atoms with E-state index in [9.17, 15) is 9.18 Å². The number of aromatic nitrogens is 1. The van der Waals surface area contributed by atoms with E-state index in [4.69, 9.17) is 5.73 Å². The quantitative estimate of drug-likeness (QED) is 0.768. The maximum atomic E-state index is 12.2. The van der Waals surface area contributed by atoms with E-state index in [0.717, 1.165) is 0 Å². The lowest BCUT2D eigenvalue weighted by Gasteiger charge is -2.03. The third-order valence-corrected chi connectivity index (χ3v) is 2.04. The van der Waals surface area contributed by atoms with Crippen LogP contribution in [0.1, 0.15) is 10.4 Å². The summed E-state index contributed by atoms with van der Waals surface area (Å²) in [7, 11) is 1.56. The first kappa shape index (κ1) is 11.5. The van der Waals surface area contributed by atoms with Gasteiger partial charge in [0.05, 0.1) is 11.9 Å². The molecule has 0 aliphatic rings. The van der Waals surface area contributed by atoms with E-state index in [1.165, 1.54) is 0 Å². The lowest BCUT2D eigenvalue weighted by molar-refractivity contribution is 0.0963. The van der Waals surface area contributed by atoms with Crippen LogP contribution in [0.4, 0.5) is 4.39 Å². The van der Waals surface area contributed by atoms with E-state index < -0.39 is 0 Å². The molecule has 0 aliphatic carbocycles. The van der Waals surface area contributed by atoms with Gasteiger partial charge < -0.3 is 15.6 Å². The Kier molecular flexibility index (Phi) is 4.05. The average molecular weight is 211 g/mol. The summed E-state index contributed by atoms with van der Waals surface area (Å²) >= 11 is 0. The molecule has 0 aromatic carbocycles. The first-order valence-corrected chi connectivity index (χ1v) is 4.57. The number of halogens is 1. The lowest BCUT2D eigenvalue weighted by Crippen LogP contribution is -2.17. The van der Waals surface area contributed by atoms with Gasteiger partial charge in [0.25, 0.3) is 5.91 Å². The highest BCUT2D eigenvalue weighted by Gasteiger charge is 2.05. The second-order valence-corrected chi connectivity index (χ2v) is 3.12. The fraction of sp³-hybridized carbons (Fsp3) is 0.300. The molecule has 0 unspecified atom stereocenters. The Morgan fingerprint density at radius 3 is 3.00 bits per heavy atom. The van der Waals surface area contributed by atoms with Crippen LogP contribution >= 0.6 is 0 Å². The van der Waals surface area contributed by atoms with Crippen LogP contribution in [-0.4, -0.2) is 24.1 Å². The van der Waals surface area contributed by atoms with Crippen molar-refractivity contribution in [3.8, 4) is 0 Å². The van der Waals surface area contributed by atoms with Gasteiger partial charge in [-0.3, -0.25) is 4.79 Å². The van der Waals surface area contributed by atoms with Crippen LogP contribution in [-0.2, 0) is 6.54 Å². The van der Waals surface area contributed by atoms with E-state index in [2.05, 4.69) is 5.32 Å². The molecule has 0 aliphatic heterocycles. The minimum atomic E-state index is -0.160. The van der Waals surface area contributed by atoms with Crippen molar-refractivity contribution in [2.75, 3.05) is 13.6 Å². The van der Waals surface area contributed by atoms with Crippen LogP contribution < -0.4 is 11.1 Å². The average Bonchev–Trinajstić information content (AvgIpc) is 2.73. The van der Waals surface area contributed by atoms with Crippen molar-refractivity contribution >= 4 is 5.91 Å². The summed E-state index contributed by atoms with van der Waals surface area (Å²) in [6.07, 6.45) is 3.86. The number of carbonyl (C=O) groups excluding carboxylic acids is 1. The van der Waals surface area contributed by atoms with Gasteiger partial charge in [0.2, 0.25) is 0 Å². The standard InChI is InChI=1S/C10H14FN3O/c1-13-10(15)9-2-3-14(7-9)6-8(4-11)5-12/h2-4,7H,5-6,12H2,1H3,(H,13,15)/b8-4+. The fourth-order valence-corrected chi connectivity index (χ4v) is 1.20. The monoisotopic (exact) mass is 211 g/mol. The van der Waals surface area contributed by atoms with Crippen molar-refractivity contribution in [1.82, 2.24) is 9.88 Å². The molecule has 15 heavy (non-hydrogen) atoms. The maximum absolute atomic E-state index is 12.2. The van der Waals surface area contributed by atoms with Crippen LogP contribution in [0.3, 0.4) is 0 Å². The van der Waals surface area contributed by atoms with Gasteiger partial charge in [0.1, 0.15) is 0 Å². The van der Waals surface area contributed by atoms with Crippen LogP contribution in [0, 0.1) is 0 Å². The largest absolute Gasteiger partial charge is 0.355 e. The Hall–Kier alpha value is -1.62. The van der Waals surface area contributed by atoms with Crippen LogP contribution in [0.15, 0.2) is 30.4 Å². The smallest absolute Gasteiger partial charge is 0.252 e. The van der Waals surface area contributed by atoms with Crippen molar-refractivity contribution in [3.63, 3.8) is 0 Å². The van der Waals surface area contributed by atoms with Gasteiger partial charge in [-0.25, -0.2) is 4.39 Å². The predicted octanol–water partition coefficient (Wildman–Crippen LogP) is 0.660. The summed E-state index contributed by atoms with van der Waals surface area (Å²) < 4.78 is 14.0. The molecule has 0 spiro atoms. The van der Waals surface area contributed by atoms with Gasteiger partial charge in [-0.05, 0) is 11.6 Å². The van der Waals surface area contributed by atoms with Crippen LogP contribution in [0.2, 0.25) is 0 Å². The van der Waals surface area contributed by atoms with Crippen molar-refractivity contribution in [1.29, 1.82) is 0 Å². The van der Waals surface area contributed by atoms with E-state index in [-0.39, 0.29) is 12.5 Å². The molecule has 1 heterocycles. The SMILES string of the molecule is CNC(=O)c1ccn(C/C(=C/F)CN)c1. The Bertz CT molecular complexity index is 370. The van der Waals surface area contributed by atoms with E-state index in [1.54, 1.807) is 30.1 Å². The van der Waals surface area contributed by atoms with Crippen molar-refractivity contribution in [3.05, 3.63) is 35.9 Å². The Labute approximate surface area is 87.6 Å². The number of carbonyl (C=O) groups is 1. The molecule has 1 amide bonds. The number of nitrogens with two attached hydrogens (primary N) is 1. The summed E-state index contributed by atoms with van der Waals surface area (Å²) in [6, 6.07) is 1.67. The summed E-state index contributed by atoms with van der Waals surface area (Å²) in [6.45, 7) is 0.536. The van der Waals surface area contributed by atoms with Gasteiger partial charge in [-0.2, -0.15) is 0 Å². The van der Waals surface area contributed by atoms with E-state index in [0.29, 0.717) is 24.0 Å². The number of rotatable bonds is 4.